The molecule has 0 saturated carbocycles. The molecule has 104 valence electrons. The van der Waals surface area contributed by atoms with Gasteiger partial charge in [-0.15, -0.1) is 24.5 Å². The second-order valence-corrected chi connectivity index (χ2v) is 4.25. The van der Waals surface area contributed by atoms with Crippen molar-refractivity contribution in [2.45, 2.75) is 20.2 Å². The smallest absolute Gasteiger partial charge is 0.404 e. The van der Waals surface area contributed by atoms with E-state index in [1.54, 1.807) is 6.07 Å². The molecule has 1 aromatic heterocycles. The topological polar surface area (TPSA) is 52.3 Å². The molecule has 2 rings (SSSR count). The molecule has 1 heterocycles. The lowest BCUT2D eigenvalue weighted by molar-refractivity contribution is -0.274. The normalized spacial score (nSPS) is 10.8. The van der Waals surface area contributed by atoms with Crippen LogP contribution in [-0.4, -0.2) is 12.3 Å². The van der Waals surface area contributed by atoms with E-state index in [9.17, 15) is 18.0 Å². The van der Waals surface area contributed by atoms with Crippen molar-refractivity contribution in [3.05, 3.63) is 29.1 Å². The molecule has 0 bridgehead atoms. The molecule has 19 heavy (non-hydrogen) atoms. The zero-order valence-electron chi connectivity index (χ0n) is 10.2. The number of hydrogen-bond donors (Lipinski definition) is 1. The van der Waals surface area contributed by atoms with Gasteiger partial charge in [0, 0.05) is 0 Å². The molecule has 2 aromatic rings. The van der Waals surface area contributed by atoms with E-state index in [0.29, 0.717) is 5.39 Å². The third-order valence-electron chi connectivity index (χ3n) is 1.98. The number of rotatable bonds is 2. The summed E-state index contributed by atoms with van der Waals surface area (Å²) in [4.78, 5) is 11.1. The Balaban J connectivity index is 0.000000861. The van der Waals surface area contributed by atoms with Crippen LogP contribution in [-0.2, 0) is 0 Å². The average molecular weight is 291 g/mol. The fourth-order valence-electron chi connectivity index (χ4n) is 1.36. The Bertz CT molecular complexity index is 578. The molecular weight excluding hydrogens is 279 g/mol. The van der Waals surface area contributed by atoms with Crippen molar-refractivity contribution in [3.63, 3.8) is 0 Å². The van der Waals surface area contributed by atoms with E-state index >= 15 is 0 Å². The largest absolute Gasteiger partial charge is 0.573 e. The molecule has 0 spiro atoms. The van der Waals surface area contributed by atoms with Gasteiger partial charge in [-0.3, -0.25) is 4.79 Å². The summed E-state index contributed by atoms with van der Waals surface area (Å²) < 4.78 is 40.5. The SMILES string of the molecule is CC.NC(=O)c1cc2cccc(OC(F)(F)F)c2s1. The third-order valence-corrected chi connectivity index (χ3v) is 3.16. The second kappa shape index (κ2) is 5.92. The second-order valence-electron chi connectivity index (χ2n) is 3.20. The Morgan fingerprint density at radius 3 is 2.47 bits per heavy atom. The van der Waals surface area contributed by atoms with E-state index in [4.69, 9.17) is 5.73 Å². The van der Waals surface area contributed by atoms with E-state index in [1.165, 1.54) is 18.2 Å². The molecule has 2 N–H and O–H groups in total. The van der Waals surface area contributed by atoms with Gasteiger partial charge in [-0.2, -0.15) is 0 Å². The van der Waals surface area contributed by atoms with E-state index in [1.807, 2.05) is 13.8 Å². The fourth-order valence-corrected chi connectivity index (χ4v) is 2.32. The maximum atomic E-state index is 12.1. The maximum absolute atomic E-state index is 12.1. The predicted molar refractivity (Wildman–Crippen MR) is 68.4 cm³/mol. The summed E-state index contributed by atoms with van der Waals surface area (Å²) in [5.74, 6) is -1.00. The number of benzene rings is 1. The lowest BCUT2D eigenvalue weighted by atomic mass is 10.2. The highest BCUT2D eigenvalue weighted by molar-refractivity contribution is 7.21. The Morgan fingerprint density at radius 2 is 1.95 bits per heavy atom. The van der Waals surface area contributed by atoms with Gasteiger partial charge in [0.2, 0.25) is 0 Å². The first kappa shape index (κ1) is 15.3. The van der Waals surface area contributed by atoms with Gasteiger partial charge in [-0.1, -0.05) is 26.0 Å². The first-order valence-electron chi connectivity index (χ1n) is 5.45. The number of ether oxygens (including phenoxy) is 1. The van der Waals surface area contributed by atoms with Crippen LogP contribution in [0.15, 0.2) is 24.3 Å². The van der Waals surface area contributed by atoms with Gasteiger partial charge in [0.1, 0.15) is 5.75 Å². The molecule has 0 aliphatic heterocycles. The number of nitrogens with two attached hydrogens (primary N) is 1. The van der Waals surface area contributed by atoms with Gasteiger partial charge in [0.25, 0.3) is 5.91 Å². The minimum absolute atomic E-state index is 0.193. The summed E-state index contributed by atoms with van der Waals surface area (Å²) in [5.41, 5.74) is 5.06. The number of halogens is 3. The van der Waals surface area contributed by atoms with E-state index in [0.717, 1.165) is 11.3 Å². The van der Waals surface area contributed by atoms with Crippen LogP contribution in [0.3, 0.4) is 0 Å². The number of thiophene rings is 1. The van der Waals surface area contributed by atoms with Crippen molar-refractivity contribution >= 4 is 27.3 Å². The van der Waals surface area contributed by atoms with Crippen molar-refractivity contribution in [2.75, 3.05) is 0 Å². The number of carbonyl (C=O) groups is 1. The molecule has 0 aliphatic carbocycles. The molecule has 3 nitrogen and oxygen atoms in total. The highest BCUT2D eigenvalue weighted by atomic mass is 32.1. The van der Waals surface area contributed by atoms with Crippen LogP contribution in [0.1, 0.15) is 23.5 Å². The van der Waals surface area contributed by atoms with E-state index in [2.05, 4.69) is 4.74 Å². The summed E-state index contributed by atoms with van der Waals surface area (Å²) in [7, 11) is 0. The van der Waals surface area contributed by atoms with E-state index in [-0.39, 0.29) is 15.3 Å². The van der Waals surface area contributed by atoms with Gasteiger partial charge in [-0.05, 0) is 17.5 Å². The Hall–Kier alpha value is -1.76. The molecule has 1 amide bonds. The Kier molecular flexibility index (Phi) is 4.77. The van der Waals surface area contributed by atoms with Crippen LogP contribution < -0.4 is 10.5 Å². The molecule has 7 heteroatoms. The van der Waals surface area contributed by atoms with Crippen LogP contribution in [0.2, 0.25) is 0 Å². The summed E-state index contributed by atoms with van der Waals surface area (Å²) in [6, 6.07) is 5.63. The quantitative estimate of drug-likeness (QED) is 0.911. The fraction of sp³-hybridized carbons (Fsp3) is 0.250. The first-order valence-corrected chi connectivity index (χ1v) is 6.26. The standard InChI is InChI=1S/C10H6F3NO2S.C2H6/c11-10(12,13)16-6-3-1-2-5-4-7(9(14)15)17-8(5)6;1-2/h1-4H,(H2,14,15);1-2H3. The Labute approximate surface area is 111 Å². The third kappa shape index (κ3) is 3.85. The van der Waals surface area contributed by atoms with Gasteiger partial charge in [0.05, 0.1) is 9.58 Å². The number of alkyl halides is 3. The van der Waals surface area contributed by atoms with Crippen LogP contribution in [0.4, 0.5) is 13.2 Å². The van der Waals surface area contributed by atoms with Gasteiger partial charge < -0.3 is 10.5 Å². The number of fused-ring (bicyclic) bond motifs is 1. The molecule has 0 atom stereocenters. The van der Waals surface area contributed by atoms with Crippen molar-refractivity contribution in [1.82, 2.24) is 0 Å². The monoisotopic (exact) mass is 291 g/mol. The summed E-state index contributed by atoms with van der Waals surface area (Å²) in [5, 5.41) is 0.491. The number of amides is 1. The van der Waals surface area contributed by atoms with Crippen molar-refractivity contribution in [2.24, 2.45) is 5.73 Å². The molecular formula is C12H12F3NO2S. The highest BCUT2D eigenvalue weighted by Gasteiger charge is 2.32. The van der Waals surface area contributed by atoms with Crippen LogP contribution >= 0.6 is 11.3 Å². The van der Waals surface area contributed by atoms with Gasteiger partial charge in [-0.25, -0.2) is 0 Å². The molecule has 0 radical (unpaired) electrons. The summed E-state index contributed by atoms with van der Waals surface area (Å²) in [6.45, 7) is 4.00. The number of hydrogen-bond acceptors (Lipinski definition) is 3. The van der Waals surface area contributed by atoms with Crippen LogP contribution in [0, 0.1) is 0 Å². The maximum Gasteiger partial charge on any atom is 0.573 e. The minimum atomic E-state index is -4.76. The Morgan fingerprint density at radius 1 is 1.32 bits per heavy atom. The van der Waals surface area contributed by atoms with Crippen molar-refractivity contribution in [3.8, 4) is 5.75 Å². The van der Waals surface area contributed by atoms with Crippen molar-refractivity contribution in [1.29, 1.82) is 0 Å². The van der Waals surface area contributed by atoms with E-state index < -0.39 is 12.3 Å². The zero-order chi connectivity index (χ0) is 14.6. The molecule has 0 fully saturated rings. The molecule has 0 unspecified atom stereocenters. The summed E-state index contributed by atoms with van der Waals surface area (Å²) in [6.07, 6.45) is -4.76. The van der Waals surface area contributed by atoms with Crippen LogP contribution in [0.5, 0.6) is 5.75 Å². The van der Waals surface area contributed by atoms with Crippen molar-refractivity contribution < 1.29 is 22.7 Å². The number of primary amides is 1. The molecule has 1 aromatic carbocycles. The highest BCUT2D eigenvalue weighted by Crippen LogP contribution is 2.36. The minimum Gasteiger partial charge on any atom is -0.404 e. The lowest BCUT2D eigenvalue weighted by Crippen LogP contribution is -2.17. The molecule has 0 saturated heterocycles. The number of carbonyl (C=O) groups excluding carboxylic acids is 1. The lowest BCUT2D eigenvalue weighted by Gasteiger charge is -2.08. The van der Waals surface area contributed by atoms with Crippen LogP contribution in [0.25, 0.3) is 10.1 Å². The average Bonchev–Trinajstić information content (AvgIpc) is 2.75. The van der Waals surface area contributed by atoms with Gasteiger partial charge in [0.15, 0.2) is 0 Å². The predicted octanol–water partition coefficient (Wildman–Crippen LogP) is 3.93. The first-order chi connectivity index (χ1) is 8.87. The van der Waals surface area contributed by atoms with Gasteiger partial charge >= 0.3 is 6.36 Å². The molecule has 0 aliphatic rings. The zero-order valence-corrected chi connectivity index (χ0v) is 11.1. The summed E-state index contributed by atoms with van der Waals surface area (Å²) >= 11 is 0.873.